The van der Waals surface area contributed by atoms with Crippen molar-refractivity contribution in [3.8, 4) is 5.75 Å². The Hall–Kier alpha value is -2.63. The normalized spacial score (nSPS) is 22.5. The maximum atomic E-state index is 11.9. The number of hydrogen-bond donors (Lipinski definition) is 3. The molecule has 3 unspecified atom stereocenters. The van der Waals surface area contributed by atoms with E-state index >= 15 is 0 Å². The van der Waals surface area contributed by atoms with Gasteiger partial charge in [-0.2, -0.15) is 0 Å². The van der Waals surface area contributed by atoms with Crippen LogP contribution in [0.1, 0.15) is 69.1 Å². The quantitative estimate of drug-likeness (QED) is 0.496. The fourth-order valence-corrected chi connectivity index (χ4v) is 5.52. The summed E-state index contributed by atoms with van der Waals surface area (Å²) in [5.41, 5.74) is -0.212. The third-order valence-electron chi connectivity index (χ3n) is 7.53. The van der Waals surface area contributed by atoms with Crippen LogP contribution >= 0.6 is 0 Å². The van der Waals surface area contributed by atoms with E-state index in [1.807, 2.05) is 42.6 Å². The number of phenolic OH excluding ortho intramolecular Hbond substituents is 1. The summed E-state index contributed by atoms with van der Waals surface area (Å²) in [5.74, 6) is 2.72. The topological polar surface area (TPSA) is 70.9 Å². The van der Waals surface area contributed by atoms with Gasteiger partial charge in [-0.05, 0) is 37.0 Å². The molecule has 0 radical (unpaired) electrons. The maximum absolute atomic E-state index is 11.9. The summed E-state index contributed by atoms with van der Waals surface area (Å²) in [6.45, 7) is 5.58. The van der Waals surface area contributed by atoms with E-state index in [1.165, 1.54) is 45.2 Å². The van der Waals surface area contributed by atoms with E-state index < -0.39 is 5.60 Å². The molecule has 34 heavy (non-hydrogen) atoms. The first-order valence-corrected chi connectivity index (χ1v) is 12.9. The second-order valence-electron chi connectivity index (χ2n) is 9.88. The van der Waals surface area contributed by atoms with Crippen LogP contribution in [0, 0.1) is 11.8 Å². The molecule has 5 rings (SSSR count). The molecular formula is C29H39N2O3+. The number of phenols is 1. The molecule has 0 amide bonds. The van der Waals surface area contributed by atoms with E-state index in [9.17, 15) is 5.11 Å². The largest absolute Gasteiger partial charge is 0.508 e. The first kappa shape index (κ1) is 24.5. The molecule has 2 fully saturated rings. The Morgan fingerprint density at radius 1 is 0.971 bits per heavy atom. The summed E-state index contributed by atoms with van der Waals surface area (Å²) in [6.07, 6.45) is 10.1. The van der Waals surface area contributed by atoms with Crippen LogP contribution in [0.2, 0.25) is 0 Å². The highest BCUT2D eigenvalue weighted by molar-refractivity contribution is 5.30. The SMILES string of the molecule is CCC1CC[NH+](Cc2cnc(C(O)(c3ccccc3)C3CCCCC3)o2)C1.Oc1ccccc1. The smallest absolute Gasteiger partial charge is 0.231 e. The van der Waals surface area contributed by atoms with E-state index in [-0.39, 0.29) is 5.92 Å². The zero-order valence-corrected chi connectivity index (χ0v) is 20.3. The van der Waals surface area contributed by atoms with Crippen LogP contribution in [0.15, 0.2) is 71.3 Å². The lowest BCUT2D eigenvalue weighted by Crippen LogP contribution is -3.08. The molecule has 1 saturated heterocycles. The van der Waals surface area contributed by atoms with E-state index in [2.05, 4.69) is 11.9 Å². The number of benzene rings is 2. The predicted octanol–water partition coefficient (Wildman–Crippen LogP) is 4.70. The molecule has 3 N–H and O–H groups in total. The molecule has 2 heterocycles. The van der Waals surface area contributed by atoms with Crippen LogP contribution in [-0.4, -0.2) is 28.3 Å². The van der Waals surface area contributed by atoms with Crippen LogP contribution in [0.5, 0.6) is 5.75 Å². The molecule has 2 aromatic carbocycles. The van der Waals surface area contributed by atoms with Gasteiger partial charge < -0.3 is 19.5 Å². The Kier molecular flexibility index (Phi) is 8.41. The number of likely N-dealkylation sites (tertiary alicyclic amines) is 1. The van der Waals surface area contributed by atoms with Crippen molar-refractivity contribution in [3.63, 3.8) is 0 Å². The van der Waals surface area contributed by atoms with Crippen LogP contribution in [-0.2, 0) is 12.1 Å². The minimum absolute atomic E-state index is 0.170. The van der Waals surface area contributed by atoms with Gasteiger partial charge in [0.15, 0.2) is 11.4 Å². The standard InChI is InChI=1S/C23H32N2O2.C6H6O/c1-2-18-13-14-25(16-18)17-21-15-24-22(27-21)23(26,19-9-5-3-6-10-19)20-11-7-4-8-12-20;7-6-4-2-1-3-5-6/h3,5-6,9-10,15,18,20,26H,2,4,7-8,11-14,16-17H2,1H3;1-5,7H/p+1. The zero-order valence-electron chi connectivity index (χ0n) is 20.3. The Morgan fingerprint density at radius 2 is 1.65 bits per heavy atom. The average molecular weight is 464 g/mol. The first-order chi connectivity index (χ1) is 16.6. The molecule has 3 aromatic rings. The van der Waals surface area contributed by atoms with Crippen molar-refractivity contribution in [3.05, 3.63) is 84.1 Å². The van der Waals surface area contributed by atoms with E-state index in [4.69, 9.17) is 9.52 Å². The molecule has 1 saturated carbocycles. The Labute approximate surface area is 203 Å². The summed E-state index contributed by atoms with van der Waals surface area (Å²) >= 11 is 0. The molecule has 5 heteroatoms. The van der Waals surface area contributed by atoms with Gasteiger partial charge in [0, 0.05) is 18.3 Å². The van der Waals surface area contributed by atoms with Crippen molar-refractivity contribution < 1.29 is 19.5 Å². The number of aromatic nitrogens is 1. The number of aromatic hydroxyl groups is 1. The van der Waals surface area contributed by atoms with Crippen molar-refractivity contribution in [2.75, 3.05) is 13.1 Å². The lowest BCUT2D eigenvalue weighted by Gasteiger charge is -2.36. The molecule has 1 aromatic heterocycles. The molecule has 2 aliphatic rings. The number of hydrogen-bond acceptors (Lipinski definition) is 4. The summed E-state index contributed by atoms with van der Waals surface area (Å²) in [4.78, 5) is 6.17. The molecule has 182 valence electrons. The summed E-state index contributed by atoms with van der Waals surface area (Å²) in [6, 6.07) is 18.7. The fourth-order valence-electron chi connectivity index (χ4n) is 5.52. The number of nitrogens with zero attached hydrogens (tertiary/aromatic N) is 1. The van der Waals surface area contributed by atoms with Gasteiger partial charge in [-0.15, -0.1) is 0 Å². The van der Waals surface area contributed by atoms with Gasteiger partial charge in [-0.25, -0.2) is 4.98 Å². The Bertz CT molecular complexity index is 985. The average Bonchev–Trinajstić information content (AvgIpc) is 3.56. The second-order valence-corrected chi connectivity index (χ2v) is 9.88. The number of rotatable bonds is 6. The molecule has 1 aliphatic heterocycles. The monoisotopic (exact) mass is 463 g/mol. The number of oxazole rings is 1. The van der Waals surface area contributed by atoms with Crippen LogP contribution < -0.4 is 4.90 Å². The number of quaternary nitrogens is 1. The van der Waals surface area contributed by atoms with Crippen LogP contribution in [0.4, 0.5) is 0 Å². The lowest BCUT2D eigenvalue weighted by molar-refractivity contribution is -0.903. The number of para-hydroxylation sites is 1. The van der Waals surface area contributed by atoms with Crippen LogP contribution in [0.3, 0.4) is 0 Å². The minimum Gasteiger partial charge on any atom is -0.508 e. The summed E-state index contributed by atoms with van der Waals surface area (Å²) in [7, 11) is 0. The van der Waals surface area contributed by atoms with Gasteiger partial charge in [0.2, 0.25) is 5.89 Å². The molecule has 0 spiro atoms. The van der Waals surface area contributed by atoms with Gasteiger partial charge in [0.25, 0.3) is 0 Å². The van der Waals surface area contributed by atoms with Gasteiger partial charge >= 0.3 is 0 Å². The zero-order chi connectivity index (χ0) is 23.8. The third kappa shape index (κ3) is 5.89. The Balaban J connectivity index is 0.000000336. The predicted molar refractivity (Wildman–Crippen MR) is 133 cm³/mol. The molecule has 3 atom stereocenters. The van der Waals surface area contributed by atoms with Crippen molar-refractivity contribution in [1.82, 2.24) is 4.98 Å². The minimum atomic E-state index is -1.12. The highest BCUT2D eigenvalue weighted by Crippen LogP contribution is 2.43. The van der Waals surface area contributed by atoms with Crippen molar-refractivity contribution in [2.24, 2.45) is 11.8 Å². The van der Waals surface area contributed by atoms with Crippen molar-refractivity contribution in [1.29, 1.82) is 0 Å². The third-order valence-corrected chi connectivity index (χ3v) is 7.53. The van der Waals surface area contributed by atoms with Crippen molar-refractivity contribution >= 4 is 0 Å². The van der Waals surface area contributed by atoms with Gasteiger partial charge in [-0.1, -0.05) is 74.7 Å². The van der Waals surface area contributed by atoms with E-state index in [0.29, 0.717) is 11.6 Å². The number of aliphatic hydroxyl groups is 1. The first-order valence-electron chi connectivity index (χ1n) is 12.9. The molecule has 1 aliphatic carbocycles. The second kappa shape index (κ2) is 11.7. The summed E-state index contributed by atoms with van der Waals surface area (Å²) in [5, 5.41) is 20.5. The molecule has 5 nitrogen and oxygen atoms in total. The summed E-state index contributed by atoms with van der Waals surface area (Å²) < 4.78 is 6.21. The van der Waals surface area contributed by atoms with Gasteiger partial charge in [-0.3, -0.25) is 0 Å². The van der Waals surface area contributed by atoms with E-state index in [1.54, 1.807) is 29.2 Å². The maximum Gasteiger partial charge on any atom is 0.231 e. The van der Waals surface area contributed by atoms with Gasteiger partial charge in [0.1, 0.15) is 12.3 Å². The van der Waals surface area contributed by atoms with Gasteiger partial charge in [0.05, 0.1) is 19.3 Å². The fraction of sp³-hybridized carbons (Fsp3) is 0.483. The molecular weight excluding hydrogens is 424 g/mol. The number of nitrogens with one attached hydrogen (secondary N) is 1. The highest BCUT2D eigenvalue weighted by Gasteiger charge is 2.44. The molecule has 0 bridgehead atoms. The Morgan fingerprint density at radius 3 is 2.24 bits per heavy atom. The lowest BCUT2D eigenvalue weighted by atomic mass is 9.73. The van der Waals surface area contributed by atoms with E-state index in [0.717, 1.165) is 36.6 Å². The van der Waals surface area contributed by atoms with Crippen molar-refractivity contribution in [2.45, 2.75) is 64.0 Å². The van der Waals surface area contributed by atoms with Crippen LogP contribution in [0.25, 0.3) is 0 Å². The highest BCUT2D eigenvalue weighted by atomic mass is 16.4.